The van der Waals surface area contributed by atoms with E-state index in [1.807, 2.05) is 12.1 Å². The summed E-state index contributed by atoms with van der Waals surface area (Å²) >= 11 is 0. The van der Waals surface area contributed by atoms with E-state index in [2.05, 4.69) is 10.3 Å². The lowest BCUT2D eigenvalue weighted by Crippen LogP contribution is -2.47. The number of rotatable bonds is 4. The van der Waals surface area contributed by atoms with Crippen molar-refractivity contribution in [1.29, 1.82) is 0 Å². The second-order valence-electron chi connectivity index (χ2n) is 4.28. The second-order valence-corrected chi connectivity index (χ2v) is 4.28. The van der Waals surface area contributed by atoms with Gasteiger partial charge in [-0.25, -0.2) is 4.79 Å². The highest BCUT2D eigenvalue weighted by atomic mass is 16.4. The predicted octanol–water partition coefficient (Wildman–Crippen LogP) is 0.732. The van der Waals surface area contributed by atoms with E-state index in [0.717, 1.165) is 5.39 Å². The number of hydrogen-bond donors (Lipinski definition) is 4. The highest BCUT2D eigenvalue weighted by molar-refractivity contribution is 6.06. The first-order valence-corrected chi connectivity index (χ1v) is 5.78. The molecule has 2 atom stereocenters. The van der Waals surface area contributed by atoms with Crippen molar-refractivity contribution in [2.45, 2.75) is 19.1 Å². The quantitative estimate of drug-likeness (QED) is 0.652. The zero-order valence-electron chi connectivity index (χ0n) is 10.3. The van der Waals surface area contributed by atoms with Crippen LogP contribution in [0.25, 0.3) is 10.9 Å². The number of benzene rings is 1. The number of carboxylic acid groups (broad SMARTS) is 1. The first-order valence-electron chi connectivity index (χ1n) is 5.78. The first kappa shape index (κ1) is 13.1. The Labute approximate surface area is 109 Å². The third-order valence-electron chi connectivity index (χ3n) is 2.87. The minimum Gasteiger partial charge on any atom is -0.480 e. The number of H-pyrrole nitrogens is 1. The van der Waals surface area contributed by atoms with Crippen LogP contribution in [0.15, 0.2) is 30.5 Å². The summed E-state index contributed by atoms with van der Waals surface area (Å²) in [5.41, 5.74) is 0.976. The van der Waals surface area contributed by atoms with Crippen molar-refractivity contribution in [2.24, 2.45) is 0 Å². The summed E-state index contributed by atoms with van der Waals surface area (Å²) in [6.07, 6.45) is 0.523. The van der Waals surface area contributed by atoms with Crippen LogP contribution in [0.1, 0.15) is 17.3 Å². The summed E-state index contributed by atoms with van der Waals surface area (Å²) in [7, 11) is 0. The summed E-state index contributed by atoms with van der Waals surface area (Å²) in [6.45, 7) is 1.31. The average molecular weight is 262 g/mol. The molecule has 6 nitrogen and oxygen atoms in total. The van der Waals surface area contributed by atoms with E-state index in [0.29, 0.717) is 11.1 Å². The smallest absolute Gasteiger partial charge is 0.328 e. The number of amides is 1. The van der Waals surface area contributed by atoms with Crippen LogP contribution in [0.4, 0.5) is 0 Å². The zero-order valence-corrected chi connectivity index (χ0v) is 10.3. The first-order chi connectivity index (χ1) is 9.00. The summed E-state index contributed by atoms with van der Waals surface area (Å²) in [5, 5.41) is 21.4. The lowest BCUT2D eigenvalue weighted by Gasteiger charge is -2.17. The normalized spacial score (nSPS) is 14.0. The van der Waals surface area contributed by atoms with Crippen molar-refractivity contribution in [3.05, 3.63) is 36.0 Å². The van der Waals surface area contributed by atoms with Gasteiger partial charge in [-0.3, -0.25) is 4.79 Å². The summed E-state index contributed by atoms with van der Waals surface area (Å²) in [6, 6.07) is 5.62. The topological polar surface area (TPSA) is 102 Å². The molecule has 2 rings (SSSR count). The number of para-hydroxylation sites is 1. The maximum Gasteiger partial charge on any atom is 0.328 e. The van der Waals surface area contributed by atoms with Crippen molar-refractivity contribution in [2.75, 3.05) is 0 Å². The van der Waals surface area contributed by atoms with Gasteiger partial charge in [-0.15, -0.1) is 0 Å². The van der Waals surface area contributed by atoms with E-state index < -0.39 is 24.0 Å². The van der Waals surface area contributed by atoms with E-state index in [4.69, 9.17) is 5.11 Å². The largest absolute Gasteiger partial charge is 0.480 e. The highest BCUT2D eigenvalue weighted by Gasteiger charge is 2.26. The van der Waals surface area contributed by atoms with Gasteiger partial charge in [-0.05, 0) is 19.1 Å². The minimum atomic E-state index is -1.34. The van der Waals surface area contributed by atoms with Crippen molar-refractivity contribution < 1.29 is 19.8 Å². The number of carbonyl (C=O) groups is 2. The van der Waals surface area contributed by atoms with Crippen LogP contribution in [-0.4, -0.2) is 39.2 Å². The van der Waals surface area contributed by atoms with Gasteiger partial charge in [0.25, 0.3) is 5.91 Å². The number of fused-ring (bicyclic) bond motifs is 1. The molecular weight excluding hydrogens is 248 g/mol. The number of aliphatic carboxylic acids is 1. The van der Waals surface area contributed by atoms with E-state index in [1.165, 1.54) is 6.92 Å². The Kier molecular flexibility index (Phi) is 3.52. The van der Waals surface area contributed by atoms with Crippen LogP contribution in [0.3, 0.4) is 0 Å². The number of nitrogens with one attached hydrogen (secondary N) is 2. The molecule has 0 saturated carbocycles. The fourth-order valence-corrected chi connectivity index (χ4v) is 1.88. The standard InChI is InChI=1S/C13H14N2O4/c1-7(16)10(13(18)19)15-12(17)9-4-2-3-8-5-6-14-11(8)9/h2-7,10,14,16H,1H3,(H,15,17)(H,18,19)/t7-,10+/m1/s1. The van der Waals surface area contributed by atoms with Crippen LogP contribution in [0.2, 0.25) is 0 Å². The molecule has 0 aliphatic heterocycles. The molecule has 1 heterocycles. The van der Waals surface area contributed by atoms with Gasteiger partial charge in [-0.1, -0.05) is 12.1 Å². The molecule has 1 amide bonds. The van der Waals surface area contributed by atoms with Crippen LogP contribution in [-0.2, 0) is 4.79 Å². The SMILES string of the molecule is C[C@@H](O)[C@H](NC(=O)c1cccc2cc[nH]c12)C(=O)O. The highest BCUT2D eigenvalue weighted by Crippen LogP contribution is 2.17. The molecule has 0 radical (unpaired) electrons. The molecular formula is C13H14N2O4. The van der Waals surface area contributed by atoms with E-state index in [-0.39, 0.29) is 0 Å². The van der Waals surface area contributed by atoms with Crippen molar-refractivity contribution >= 4 is 22.8 Å². The van der Waals surface area contributed by atoms with Crippen molar-refractivity contribution in [3.8, 4) is 0 Å². The number of hydrogen-bond acceptors (Lipinski definition) is 3. The Balaban J connectivity index is 2.29. The maximum atomic E-state index is 12.1. The Hall–Kier alpha value is -2.34. The van der Waals surface area contributed by atoms with Gasteiger partial charge >= 0.3 is 5.97 Å². The zero-order chi connectivity index (χ0) is 14.0. The fourth-order valence-electron chi connectivity index (χ4n) is 1.88. The summed E-state index contributed by atoms with van der Waals surface area (Å²) in [4.78, 5) is 25.9. The molecule has 0 aliphatic carbocycles. The van der Waals surface area contributed by atoms with E-state index in [9.17, 15) is 14.7 Å². The third kappa shape index (κ3) is 2.58. The maximum absolute atomic E-state index is 12.1. The number of aliphatic hydroxyl groups excluding tert-OH is 1. The number of aromatic nitrogens is 1. The van der Waals surface area contributed by atoms with Gasteiger partial charge in [0.2, 0.25) is 0 Å². The molecule has 6 heteroatoms. The van der Waals surface area contributed by atoms with Crippen molar-refractivity contribution in [3.63, 3.8) is 0 Å². The van der Waals surface area contributed by atoms with Gasteiger partial charge in [0, 0.05) is 11.6 Å². The van der Waals surface area contributed by atoms with Crippen LogP contribution < -0.4 is 5.32 Å². The molecule has 1 aromatic heterocycles. The van der Waals surface area contributed by atoms with Gasteiger partial charge in [0.05, 0.1) is 17.2 Å². The number of aromatic amines is 1. The second kappa shape index (κ2) is 5.11. The molecule has 19 heavy (non-hydrogen) atoms. The molecule has 4 N–H and O–H groups in total. The summed E-state index contributed by atoms with van der Waals surface area (Å²) < 4.78 is 0. The van der Waals surface area contributed by atoms with Crippen LogP contribution >= 0.6 is 0 Å². The lowest BCUT2D eigenvalue weighted by atomic mass is 10.1. The summed E-state index contributed by atoms with van der Waals surface area (Å²) in [5.74, 6) is -1.82. The van der Waals surface area contributed by atoms with E-state index >= 15 is 0 Å². The van der Waals surface area contributed by atoms with Gasteiger partial charge in [-0.2, -0.15) is 0 Å². The Morgan fingerprint density at radius 2 is 2.05 bits per heavy atom. The van der Waals surface area contributed by atoms with Crippen LogP contribution in [0.5, 0.6) is 0 Å². The molecule has 0 saturated heterocycles. The van der Waals surface area contributed by atoms with Gasteiger partial charge in [0.15, 0.2) is 6.04 Å². The van der Waals surface area contributed by atoms with Gasteiger partial charge < -0.3 is 20.5 Å². The minimum absolute atomic E-state index is 0.342. The van der Waals surface area contributed by atoms with E-state index in [1.54, 1.807) is 18.3 Å². The lowest BCUT2D eigenvalue weighted by molar-refractivity contribution is -0.141. The van der Waals surface area contributed by atoms with Crippen LogP contribution in [0, 0.1) is 0 Å². The Morgan fingerprint density at radius 1 is 1.32 bits per heavy atom. The molecule has 0 spiro atoms. The number of aliphatic hydroxyl groups is 1. The average Bonchev–Trinajstić information content (AvgIpc) is 2.82. The molecule has 0 unspecified atom stereocenters. The van der Waals surface area contributed by atoms with Crippen molar-refractivity contribution in [1.82, 2.24) is 10.3 Å². The molecule has 0 aliphatic rings. The molecule has 1 aromatic carbocycles. The number of carbonyl (C=O) groups excluding carboxylic acids is 1. The fraction of sp³-hybridized carbons (Fsp3) is 0.231. The Morgan fingerprint density at radius 3 is 2.68 bits per heavy atom. The number of carboxylic acids is 1. The predicted molar refractivity (Wildman–Crippen MR) is 68.9 cm³/mol. The molecule has 0 bridgehead atoms. The molecule has 0 fully saturated rings. The monoisotopic (exact) mass is 262 g/mol. The Bertz CT molecular complexity index is 618. The molecule has 2 aromatic rings. The third-order valence-corrected chi connectivity index (χ3v) is 2.87. The molecule has 100 valence electrons. The van der Waals surface area contributed by atoms with Gasteiger partial charge in [0.1, 0.15) is 0 Å².